The number of aliphatic hydroxyl groups is 1. The summed E-state index contributed by atoms with van der Waals surface area (Å²) in [6.45, 7) is 2.02. The molecule has 0 aliphatic heterocycles. The summed E-state index contributed by atoms with van der Waals surface area (Å²) < 4.78 is 12.6. The van der Waals surface area contributed by atoms with Crippen LogP contribution < -0.4 is 10.6 Å². The highest BCUT2D eigenvalue weighted by Gasteiger charge is 2.04. The lowest BCUT2D eigenvalue weighted by Gasteiger charge is -2.10. The molecule has 0 spiro atoms. The summed E-state index contributed by atoms with van der Waals surface area (Å²) in [4.78, 5) is 11.3. The molecule has 1 aromatic rings. The summed E-state index contributed by atoms with van der Waals surface area (Å²) in [7, 11) is 0. The van der Waals surface area contributed by atoms with E-state index < -0.39 is 12.1 Å². The lowest BCUT2D eigenvalue weighted by molar-refractivity contribution is 0.168. The van der Waals surface area contributed by atoms with Crippen LogP contribution in [0.3, 0.4) is 0 Å². The normalized spacial score (nSPS) is 11.9. The van der Waals surface area contributed by atoms with E-state index in [-0.39, 0.29) is 12.4 Å². The van der Waals surface area contributed by atoms with Crippen molar-refractivity contribution >= 4 is 11.7 Å². The fourth-order valence-corrected chi connectivity index (χ4v) is 1.06. The van der Waals surface area contributed by atoms with E-state index in [0.717, 1.165) is 0 Å². The molecule has 0 fully saturated rings. The molecule has 0 aliphatic rings. The Kier molecular flexibility index (Phi) is 4.72. The minimum absolute atomic E-state index is 0.198. The Bertz CT molecular complexity index is 340. The highest BCUT2D eigenvalue weighted by molar-refractivity contribution is 5.89. The molecule has 0 heterocycles. The molecule has 0 aliphatic carbocycles. The minimum Gasteiger partial charge on any atom is -0.391 e. The number of carbonyl (C=O) groups is 1. The van der Waals surface area contributed by atoms with Gasteiger partial charge in [0.1, 0.15) is 5.82 Å². The van der Waals surface area contributed by atoms with Gasteiger partial charge >= 0.3 is 6.03 Å². The standard InChI is InChI=1S/C11H15FN2O2/c1-2-10(15)7-13-11(16)14-9-5-3-8(12)4-6-9/h3-6,10,15H,2,7H2,1H3,(H2,13,14,16). The van der Waals surface area contributed by atoms with E-state index >= 15 is 0 Å². The van der Waals surface area contributed by atoms with E-state index in [1.165, 1.54) is 24.3 Å². The van der Waals surface area contributed by atoms with Crippen molar-refractivity contribution in [1.29, 1.82) is 0 Å². The second-order valence-electron chi connectivity index (χ2n) is 3.40. The van der Waals surface area contributed by atoms with Gasteiger partial charge in [-0.1, -0.05) is 6.92 Å². The molecule has 5 heteroatoms. The van der Waals surface area contributed by atoms with E-state index in [1.807, 2.05) is 6.92 Å². The van der Waals surface area contributed by atoms with Crippen molar-refractivity contribution in [3.8, 4) is 0 Å². The smallest absolute Gasteiger partial charge is 0.319 e. The molecule has 0 radical (unpaired) electrons. The van der Waals surface area contributed by atoms with Crippen molar-refractivity contribution < 1.29 is 14.3 Å². The zero-order chi connectivity index (χ0) is 12.0. The molecule has 1 rings (SSSR count). The monoisotopic (exact) mass is 226 g/mol. The highest BCUT2D eigenvalue weighted by Crippen LogP contribution is 2.07. The molecule has 0 aromatic heterocycles. The molecule has 4 nitrogen and oxygen atoms in total. The van der Waals surface area contributed by atoms with E-state index in [0.29, 0.717) is 12.1 Å². The number of urea groups is 1. The summed E-state index contributed by atoms with van der Waals surface area (Å²) in [5.41, 5.74) is 0.505. The van der Waals surface area contributed by atoms with Crippen LogP contribution in [0.5, 0.6) is 0 Å². The number of halogens is 1. The quantitative estimate of drug-likeness (QED) is 0.732. The fraction of sp³-hybridized carbons (Fsp3) is 0.364. The van der Waals surface area contributed by atoms with Gasteiger partial charge in [0.15, 0.2) is 0 Å². The van der Waals surface area contributed by atoms with Crippen molar-refractivity contribution in [3.63, 3.8) is 0 Å². The summed E-state index contributed by atoms with van der Waals surface area (Å²) in [6, 6.07) is 5.03. The van der Waals surface area contributed by atoms with Crippen molar-refractivity contribution in [2.24, 2.45) is 0 Å². The first-order valence-corrected chi connectivity index (χ1v) is 5.10. The number of hydrogen-bond acceptors (Lipinski definition) is 2. The van der Waals surface area contributed by atoms with Crippen LogP contribution in [0.15, 0.2) is 24.3 Å². The molecule has 2 amide bonds. The Labute approximate surface area is 93.5 Å². The zero-order valence-corrected chi connectivity index (χ0v) is 9.03. The molecule has 3 N–H and O–H groups in total. The zero-order valence-electron chi connectivity index (χ0n) is 9.03. The Hall–Kier alpha value is -1.62. The summed E-state index contributed by atoms with van der Waals surface area (Å²) >= 11 is 0. The lowest BCUT2D eigenvalue weighted by atomic mass is 10.3. The van der Waals surface area contributed by atoms with Crippen molar-refractivity contribution in [3.05, 3.63) is 30.1 Å². The maximum atomic E-state index is 12.6. The SMILES string of the molecule is CCC(O)CNC(=O)Nc1ccc(F)cc1. The number of carbonyl (C=O) groups excluding carboxylic acids is 1. The molecule has 1 aromatic carbocycles. The Morgan fingerprint density at radius 3 is 2.62 bits per heavy atom. The van der Waals surface area contributed by atoms with Gasteiger partial charge in [-0.15, -0.1) is 0 Å². The maximum absolute atomic E-state index is 12.6. The lowest BCUT2D eigenvalue weighted by Crippen LogP contribution is -2.34. The molecular formula is C11H15FN2O2. The van der Waals surface area contributed by atoms with Crippen LogP contribution in [0.4, 0.5) is 14.9 Å². The average molecular weight is 226 g/mol. The number of hydrogen-bond donors (Lipinski definition) is 3. The van der Waals surface area contributed by atoms with Gasteiger partial charge in [0.25, 0.3) is 0 Å². The van der Waals surface area contributed by atoms with Crippen LogP contribution in [-0.4, -0.2) is 23.8 Å². The first-order chi connectivity index (χ1) is 7.61. The average Bonchev–Trinajstić information content (AvgIpc) is 2.29. The molecule has 0 saturated carbocycles. The summed E-state index contributed by atoms with van der Waals surface area (Å²) in [5, 5.41) is 14.2. The fourth-order valence-electron chi connectivity index (χ4n) is 1.06. The summed E-state index contributed by atoms with van der Waals surface area (Å²) in [6.07, 6.45) is 0.0376. The number of anilines is 1. The number of amides is 2. The van der Waals surface area contributed by atoms with Gasteiger partial charge in [-0.2, -0.15) is 0 Å². The topological polar surface area (TPSA) is 61.4 Å². The van der Waals surface area contributed by atoms with Crippen LogP contribution in [0.1, 0.15) is 13.3 Å². The van der Waals surface area contributed by atoms with Gasteiger partial charge in [-0.25, -0.2) is 9.18 Å². The maximum Gasteiger partial charge on any atom is 0.319 e. The number of aliphatic hydroxyl groups excluding tert-OH is 1. The number of nitrogens with one attached hydrogen (secondary N) is 2. The Morgan fingerprint density at radius 2 is 2.06 bits per heavy atom. The molecular weight excluding hydrogens is 211 g/mol. The van der Waals surface area contributed by atoms with Gasteiger partial charge in [-0.3, -0.25) is 0 Å². The van der Waals surface area contributed by atoms with E-state index in [4.69, 9.17) is 0 Å². The predicted octanol–water partition coefficient (Wildman–Crippen LogP) is 1.72. The van der Waals surface area contributed by atoms with Crippen LogP contribution in [0.2, 0.25) is 0 Å². The molecule has 88 valence electrons. The number of rotatable bonds is 4. The third-order valence-corrected chi connectivity index (χ3v) is 2.07. The highest BCUT2D eigenvalue weighted by atomic mass is 19.1. The molecule has 1 unspecified atom stereocenters. The Balaban J connectivity index is 2.37. The first kappa shape index (κ1) is 12.4. The molecule has 16 heavy (non-hydrogen) atoms. The third-order valence-electron chi connectivity index (χ3n) is 2.07. The van der Waals surface area contributed by atoms with Gasteiger partial charge in [-0.05, 0) is 30.7 Å². The van der Waals surface area contributed by atoms with E-state index in [2.05, 4.69) is 10.6 Å². The largest absolute Gasteiger partial charge is 0.391 e. The molecule has 0 bridgehead atoms. The number of benzene rings is 1. The van der Waals surface area contributed by atoms with Gasteiger partial charge < -0.3 is 15.7 Å². The van der Waals surface area contributed by atoms with Crippen LogP contribution in [-0.2, 0) is 0 Å². The Morgan fingerprint density at radius 1 is 1.44 bits per heavy atom. The van der Waals surface area contributed by atoms with Gasteiger partial charge in [0, 0.05) is 12.2 Å². The molecule has 1 atom stereocenters. The first-order valence-electron chi connectivity index (χ1n) is 5.10. The van der Waals surface area contributed by atoms with Crippen molar-refractivity contribution in [1.82, 2.24) is 5.32 Å². The van der Waals surface area contributed by atoms with Gasteiger partial charge in [0.2, 0.25) is 0 Å². The third kappa shape index (κ3) is 4.27. The van der Waals surface area contributed by atoms with Crippen LogP contribution >= 0.6 is 0 Å². The summed E-state index contributed by atoms with van der Waals surface area (Å²) in [5.74, 6) is -0.354. The minimum atomic E-state index is -0.543. The van der Waals surface area contributed by atoms with E-state index in [9.17, 15) is 14.3 Å². The van der Waals surface area contributed by atoms with E-state index in [1.54, 1.807) is 0 Å². The van der Waals surface area contributed by atoms with Crippen molar-refractivity contribution in [2.75, 3.05) is 11.9 Å². The van der Waals surface area contributed by atoms with Gasteiger partial charge in [0.05, 0.1) is 6.10 Å². The second-order valence-corrected chi connectivity index (χ2v) is 3.40. The van der Waals surface area contributed by atoms with Crippen LogP contribution in [0, 0.1) is 5.82 Å². The van der Waals surface area contributed by atoms with Crippen LogP contribution in [0.25, 0.3) is 0 Å². The van der Waals surface area contributed by atoms with Crippen molar-refractivity contribution in [2.45, 2.75) is 19.4 Å². The second kappa shape index (κ2) is 6.07. The predicted molar refractivity (Wildman–Crippen MR) is 59.7 cm³/mol. The molecule has 0 saturated heterocycles.